The molecule has 0 N–H and O–H groups in total. The van der Waals surface area contributed by atoms with Crippen LogP contribution in [-0.2, 0) is 11.3 Å². The quantitative estimate of drug-likeness (QED) is 0.823. The van der Waals surface area contributed by atoms with Gasteiger partial charge in [-0.1, -0.05) is 0 Å². The van der Waals surface area contributed by atoms with Crippen molar-refractivity contribution < 1.29 is 9.53 Å². The first-order valence-electron chi connectivity index (χ1n) is 6.75. The van der Waals surface area contributed by atoms with Gasteiger partial charge in [-0.3, -0.25) is 9.36 Å². The molecular formula is C14H20N2O4. The van der Waals surface area contributed by atoms with Crippen LogP contribution < -0.4 is 11.2 Å². The third-order valence-corrected chi connectivity index (χ3v) is 3.07. The molecule has 1 saturated carbocycles. The normalized spacial score (nSPS) is 15.2. The number of nitrogens with zero attached hydrogens (tertiary/aromatic N) is 2. The Kier molecular flexibility index (Phi) is 3.58. The van der Waals surface area contributed by atoms with Crippen molar-refractivity contribution in [3.05, 3.63) is 32.6 Å². The molecule has 0 bridgehead atoms. The fourth-order valence-corrected chi connectivity index (χ4v) is 1.90. The Morgan fingerprint density at radius 2 is 1.95 bits per heavy atom. The van der Waals surface area contributed by atoms with Crippen LogP contribution in [0.25, 0.3) is 0 Å². The number of carbonyl (C=O) groups is 1. The largest absolute Gasteiger partial charge is 0.443 e. The number of rotatable bonds is 2. The molecule has 0 saturated heterocycles. The molecule has 20 heavy (non-hydrogen) atoms. The summed E-state index contributed by atoms with van der Waals surface area (Å²) in [4.78, 5) is 36.3. The molecule has 0 radical (unpaired) electrons. The molecule has 6 heteroatoms. The first kappa shape index (κ1) is 14.6. The van der Waals surface area contributed by atoms with E-state index >= 15 is 0 Å². The van der Waals surface area contributed by atoms with Gasteiger partial charge in [0.2, 0.25) is 0 Å². The van der Waals surface area contributed by atoms with Gasteiger partial charge < -0.3 is 4.74 Å². The third kappa shape index (κ3) is 3.18. The molecule has 6 nitrogen and oxygen atoms in total. The van der Waals surface area contributed by atoms with Crippen LogP contribution in [0.3, 0.4) is 0 Å². The highest BCUT2D eigenvalue weighted by Gasteiger charge is 2.26. The van der Waals surface area contributed by atoms with Gasteiger partial charge in [0.1, 0.15) is 5.60 Å². The van der Waals surface area contributed by atoms with Gasteiger partial charge in [-0.25, -0.2) is 14.2 Å². The van der Waals surface area contributed by atoms with Crippen LogP contribution in [-0.4, -0.2) is 20.8 Å². The molecule has 0 aromatic carbocycles. The van der Waals surface area contributed by atoms with Crippen LogP contribution in [0.1, 0.15) is 39.2 Å². The summed E-state index contributed by atoms with van der Waals surface area (Å²) < 4.78 is 7.20. The highest BCUT2D eigenvalue weighted by Crippen LogP contribution is 2.29. The predicted octanol–water partition coefficient (Wildman–Crippen LogP) is 1.51. The van der Waals surface area contributed by atoms with E-state index in [-0.39, 0.29) is 5.56 Å². The van der Waals surface area contributed by atoms with Gasteiger partial charge in [-0.2, -0.15) is 0 Å². The molecule has 1 fully saturated rings. The molecule has 0 atom stereocenters. The number of ether oxygens (including phenoxy) is 1. The average Bonchev–Trinajstić information content (AvgIpc) is 3.11. The van der Waals surface area contributed by atoms with Crippen LogP contribution in [0.15, 0.2) is 15.8 Å². The van der Waals surface area contributed by atoms with Gasteiger partial charge in [0.15, 0.2) is 0 Å². The summed E-state index contributed by atoms with van der Waals surface area (Å²) in [7, 11) is 0. The van der Waals surface area contributed by atoms with Crippen molar-refractivity contribution >= 4 is 6.09 Å². The molecule has 1 aliphatic rings. The zero-order valence-electron chi connectivity index (χ0n) is 12.3. The molecule has 1 aliphatic carbocycles. The summed E-state index contributed by atoms with van der Waals surface area (Å²) in [6, 6.07) is 0. The maximum Gasteiger partial charge on any atom is 0.422 e. The molecule has 110 valence electrons. The molecule has 0 unspecified atom stereocenters. The smallest absolute Gasteiger partial charge is 0.422 e. The SMILES string of the molecule is Cc1cn(C(=O)OC(C)(C)C)c(=O)n(CC2CC2)c1=O. The second kappa shape index (κ2) is 4.92. The van der Waals surface area contributed by atoms with Gasteiger partial charge >= 0.3 is 11.8 Å². The Bertz CT molecular complexity index is 645. The number of aryl methyl sites for hydroxylation is 1. The summed E-state index contributed by atoms with van der Waals surface area (Å²) in [5.41, 5.74) is -1.29. The number of aromatic nitrogens is 2. The van der Waals surface area contributed by atoms with Crippen molar-refractivity contribution in [2.45, 2.75) is 52.7 Å². The molecule has 1 heterocycles. The monoisotopic (exact) mass is 280 g/mol. The summed E-state index contributed by atoms with van der Waals surface area (Å²) in [6.45, 7) is 7.14. The number of hydrogen-bond donors (Lipinski definition) is 0. The van der Waals surface area contributed by atoms with Gasteiger partial charge in [-0.05, 0) is 46.5 Å². The van der Waals surface area contributed by atoms with Gasteiger partial charge in [0, 0.05) is 18.3 Å². The van der Waals surface area contributed by atoms with E-state index in [2.05, 4.69) is 0 Å². The minimum atomic E-state index is -0.754. The van der Waals surface area contributed by atoms with E-state index in [0.29, 0.717) is 18.0 Å². The maximum absolute atomic E-state index is 12.3. The van der Waals surface area contributed by atoms with Crippen LogP contribution in [0.4, 0.5) is 4.79 Å². The summed E-state index contributed by atoms with van der Waals surface area (Å²) in [5.74, 6) is 0.370. The van der Waals surface area contributed by atoms with E-state index in [9.17, 15) is 14.4 Å². The minimum absolute atomic E-state index is 0.332. The summed E-state index contributed by atoms with van der Waals surface area (Å²) in [5, 5.41) is 0. The lowest BCUT2D eigenvalue weighted by Gasteiger charge is -2.20. The molecule has 2 rings (SSSR count). The predicted molar refractivity (Wildman–Crippen MR) is 74.1 cm³/mol. The number of hydrogen-bond acceptors (Lipinski definition) is 4. The van der Waals surface area contributed by atoms with E-state index < -0.39 is 17.4 Å². The molecule has 1 aromatic rings. The Morgan fingerprint density at radius 1 is 1.35 bits per heavy atom. The lowest BCUT2D eigenvalue weighted by atomic mass is 10.2. The van der Waals surface area contributed by atoms with E-state index in [1.54, 1.807) is 27.7 Å². The molecule has 0 amide bonds. The van der Waals surface area contributed by atoms with E-state index in [1.165, 1.54) is 6.20 Å². The maximum atomic E-state index is 12.3. The Hall–Kier alpha value is -1.85. The standard InChI is InChI=1S/C14H20N2O4/c1-9-7-16(13(19)20-14(2,3)4)12(18)15(11(9)17)8-10-5-6-10/h7,10H,5-6,8H2,1-4H3. The molecule has 1 aromatic heterocycles. The Labute approximate surface area is 117 Å². The first-order chi connectivity index (χ1) is 9.19. The van der Waals surface area contributed by atoms with E-state index in [1.807, 2.05) is 0 Å². The molecule has 0 aliphatic heterocycles. The van der Waals surface area contributed by atoms with E-state index in [0.717, 1.165) is 22.0 Å². The van der Waals surface area contributed by atoms with Gasteiger partial charge in [-0.15, -0.1) is 0 Å². The first-order valence-corrected chi connectivity index (χ1v) is 6.75. The summed E-state index contributed by atoms with van der Waals surface area (Å²) >= 11 is 0. The fraction of sp³-hybridized carbons (Fsp3) is 0.643. The van der Waals surface area contributed by atoms with Gasteiger partial charge in [0.05, 0.1) is 0 Å². The van der Waals surface area contributed by atoms with Crippen molar-refractivity contribution in [3.8, 4) is 0 Å². The lowest BCUT2D eigenvalue weighted by Crippen LogP contribution is -2.44. The Balaban J connectivity index is 2.43. The van der Waals surface area contributed by atoms with Crippen LogP contribution >= 0.6 is 0 Å². The second-order valence-electron chi connectivity index (χ2n) is 6.30. The fourth-order valence-electron chi connectivity index (χ4n) is 1.90. The second-order valence-corrected chi connectivity index (χ2v) is 6.30. The van der Waals surface area contributed by atoms with Crippen molar-refractivity contribution in [2.75, 3.05) is 0 Å². The van der Waals surface area contributed by atoms with E-state index in [4.69, 9.17) is 4.74 Å². The van der Waals surface area contributed by atoms with Gasteiger partial charge in [0.25, 0.3) is 5.56 Å². The zero-order chi connectivity index (χ0) is 15.1. The van der Waals surface area contributed by atoms with Crippen molar-refractivity contribution in [3.63, 3.8) is 0 Å². The zero-order valence-corrected chi connectivity index (χ0v) is 12.3. The molecule has 0 spiro atoms. The van der Waals surface area contributed by atoms with Crippen molar-refractivity contribution in [2.24, 2.45) is 5.92 Å². The molecular weight excluding hydrogens is 260 g/mol. The lowest BCUT2D eigenvalue weighted by molar-refractivity contribution is 0.0524. The van der Waals surface area contributed by atoms with Crippen LogP contribution in [0, 0.1) is 12.8 Å². The highest BCUT2D eigenvalue weighted by molar-refractivity contribution is 5.70. The average molecular weight is 280 g/mol. The minimum Gasteiger partial charge on any atom is -0.443 e. The third-order valence-electron chi connectivity index (χ3n) is 3.07. The van der Waals surface area contributed by atoms with Crippen LogP contribution in [0.2, 0.25) is 0 Å². The topological polar surface area (TPSA) is 70.3 Å². The number of carbonyl (C=O) groups excluding carboxylic acids is 1. The highest BCUT2D eigenvalue weighted by atomic mass is 16.6. The van der Waals surface area contributed by atoms with Crippen molar-refractivity contribution in [1.82, 2.24) is 9.13 Å². The summed E-state index contributed by atoms with van der Waals surface area (Å²) in [6.07, 6.45) is 2.54. The Morgan fingerprint density at radius 3 is 2.45 bits per heavy atom. The van der Waals surface area contributed by atoms with Crippen LogP contribution in [0.5, 0.6) is 0 Å². The van der Waals surface area contributed by atoms with Crippen molar-refractivity contribution in [1.29, 1.82) is 0 Å².